The predicted octanol–water partition coefficient (Wildman–Crippen LogP) is 1.44. The van der Waals surface area contributed by atoms with Gasteiger partial charge in [-0.3, -0.25) is 4.79 Å². The zero-order valence-corrected chi connectivity index (χ0v) is 13.4. The van der Waals surface area contributed by atoms with Crippen LogP contribution in [0.1, 0.15) is 25.8 Å². The zero-order chi connectivity index (χ0) is 16.5. The van der Waals surface area contributed by atoms with Crippen LogP contribution in [-0.2, 0) is 11.2 Å². The molecular formula is C16H25N3O3. The molecule has 6 nitrogen and oxygen atoms in total. The van der Waals surface area contributed by atoms with Gasteiger partial charge in [-0.2, -0.15) is 0 Å². The number of benzene rings is 1. The van der Waals surface area contributed by atoms with Crippen LogP contribution < -0.4 is 21.1 Å². The van der Waals surface area contributed by atoms with Crippen LogP contribution in [-0.4, -0.2) is 31.6 Å². The number of hydrogen-bond acceptors (Lipinski definition) is 3. The summed E-state index contributed by atoms with van der Waals surface area (Å²) in [6, 6.07) is 6.40. The molecule has 0 saturated heterocycles. The van der Waals surface area contributed by atoms with E-state index in [2.05, 4.69) is 10.6 Å². The molecule has 0 aromatic heterocycles. The Kier molecular flexibility index (Phi) is 7.22. The normalized spacial score (nSPS) is 13.0. The molecule has 4 N–H and O–H groups in total. The highest BCUT2D eigenvalue weighted by molar-refractivity contribution is 5.86. The third-order valence-electron chi connectivity index (χ3n) is 3.67. The van der Waals surface area contributed by atoms with E-state index in [0.717, 1.165) is 17.7 Å². The fraction of sp³-hybridized carbons (Fsp3) is 0.500. The van der Waals surface area contributed by atoms with Gasteiger partial charge < -0.3 is 21.1 Å². The van der Waals surface area contributed by atoms with E-state index in [1.165, 1.54) is 0 Å². The van der Waals surface area contributed by atoms with Crippen molar-refractivity contribution >= 4 is 11.9 Å². The molecule has 0 aliphatic rings. The lowest BCUT2D eigenvalue weighted by Gasteiger charge is -2.22. The summed E-state index contributed by atoms with van der Waals surface area (Å²) in [6.45, 7) is 4.37. The van der Waals surface area contributed by atoms with Crippen molar-refractivity contribution in [3.8, 4) is 5.75 Å². The molecule has 0 saturated carbocycles. The third kappa shape index (κ3) is 5.63. The van der Waals surface area contributed by atoms with Gasteiger partial charge in [0.1, 0.15) is 11.8 Å². The van der Waals surface area contributed by atoms with Crippen molar-refractivity contribution in [2.75, 3.05) is 13.7 Å². The molecule has 0 radical (unpaired) electrons. The summed E-state index contributed by atoms with van der Waals surface area (Å²) in [6.07, 6.45) is 1.48. The van der Waals surface area contributed by atoms with Crippen LogP contribution in [0.5, 0.6) is 5.75 Å². The van der Waals surface area contributed by atoms with Gasteiger partial charge in [-0.25, -0.2) is 4.79 Å². The quantitative estimate of drug-likeness (QED) is 0.678. The molecule has 22 heavy (non-hydrogen) atoms. The van der Waals surface area contributed by atoms with Gasteiger partial charge in [0.05, 0.1) is 7.11 Å². The first-order valence-electron chi connectivity index (χ1n) is 7.44. The number of nitrogens with one attached hydrogen (secondary N) is 2. The molecule has 0 heterocycles. The molecule has 1 aromatic carbocycles. The number of rotatable bonds is 8. The minimum absolute atomic E-state index is 0.0217. The standard InChI is InChI=1S/C16H25N3O3/c1-4-11(2)14(19-16(17)21)15(20)18-10-9-12-5-7-13(22-3)8-6-12/h5-8,11,14H,4,9-10H2,1-3H3,(H,18,20)(H3,17,19,21)/t11-,14-/m0/s1. The Morgan fingerprint density at radius 1 is 1.27 bits per heavy atom. The number of primary amides is 1. The molecule has 0 fully saturated rings. The second-order valence-corrected chi connectivity index (χ2v) is 5.26. The van der Waals surface area contributed by atoms with Crippen molar-refractivity contribution in [2.24, 2.45) is 11.7 Å². The molecule has 6 heteroatoms. The molecule has 0 aliphatic heterocycles. The predicted molar refractivity (Wildman–Crippen MR) is 85.7 cm³/mol. The van der Waals surface area contributed by atoms with Crippen LogP contribution in [0.4, 0.5) is 4.79 Å². The number of carbonyl (C=O) groups is 2. The SMILES string of the molecule is CC[C@H](C)[C@H](NC(N)=O)C(=O)NCCc1ccc(OC)cc1. The van der Waals surface area contributed by atoms with Crippen LogP contribution >= 0.6 is 0 Å². The monoisotopic (exact) mass is 307 g/mol. The summed E-state index contributed by atoms with van der Waals surface area (Å²) in [7, 11) is 1.62. The average Bonchev–Trinajstić information content (AvgIpc) is 2.52. The van der Waals surface area contributed by atoms with Crippen LogP contribution in [0.3, 0.4) is 0 Å². The Morgan fingerprint density at radius 2 is 1.91 bits per heavy atom. The average molecular weight is 307 g/mol. The highest BCUT2D eigenvalue weighted by Gasteiger charge is 2.24. The highest BCUT2D eigenvalue weighted by atomic mass is 16.5. The summed E-state index contributed by atoms with van der Waals surface area (Å²) in [4.78, 5) is 23.2. The lowest BCUT2D eigenvalue weighted by molar-refractivity contribution is -0.124. The van der Waals surface area contributed by atoms with E-state index in [0.29, 0.717) is 13.0 Å². The number of methoxy groups -OCH3 is 1. The number of hydrogen-bond donors (Lipinski definition) is 3. The van der Waals surface area contributed by atoms with Crippen LogP contribution in [0, 0.1) is 5.92 Å². The van der Waals surface area contributed by atoms with E-state index in [1.54, 1.807) is 7.11 Å². The molecule has 3 amide bonds. The van der Waals surface area contributed by atoms with Gasteiger partial charge in [0.2, 0.25) is 5.91 Å². The number of nitrogens with two attached hydrogens (primary N) is 1. The first kappa shape index (κ1) is 17.8. The summed E-state index contributed by atoms with van der Waals surface area (Å²) < 4.78 is 5.10. The largest absolute Gasteiger partial charge is 0.497 e. The van der Waals surface area contributed by atoms with E-state index in [9.17, 15) is 9.59 Å². The lowest BCUT2D eigenvalue weighted by atomic mass is 9.98. The molecule has 0 unspecified atom stereocenters. The first-order valence-corrected chi connectivity index (χ1v) is 7.44. The zero-order valence-electron chi connectivity index (χ0n) is 13.4. The molecule has 1 rings (SSSR count). The maximum Gasteiger partial charge on any atom is 0.312 e. The van der Waals surface area contributed by atoms with E-state index in [-0.39, 0.29) is 11.8 Å². The van der Waals surface area contributed by atoms with Gasteiger partial charge in [-0.15, -0.1) is 0 Å². The Hall–Kier alpha value is -2.24. The minimum Gasteiger partial charge on any atom is -0.497 e. The molecule has 0 aliphatic carbocycles. The molecule has 1 aromatic rings. The Morgan fingerprint density at radius 3 is 2.41 bits per heavy atom. The fourth-order valence-electron chi connectivity index (χ4n) is 2.09. The summed E-state index contributed by atoms with van der Waals surface area (Å²) >= 11 is 0. The lowest BCUT2D eigenvalue weighted by Crippen LogP contribution is -2.52. The van der Waals surface area contributed by atoms with Crippen molar-refractivity contribution in [3.63, 3.8) is 0 Å². The van der Waals surface area contributed by atoms with E-state index >= 15 is 0 Å². The van der Waals surface area contributed by atoms with Gasteiger partial charge in [-0.05, 0) is 30.0 Å². The Labute approximate surface area is 131 Å². The van der Waals surface area contributed by atoms with Crippen molar-refractivity contribution in [2.45, 2.75) is 32.7 Å². The Bertz CT molecular complexity index is 488. The Balaban J connectivity index is 2.49. The number of amides is 3. The van der Waals surface area contributed by atoms with Gasteiger partial charge in [0.25, 0.3) is 0 Å². The van der Waals surface area contributed by atoms with E-state index < -0.39 is 12.1 Å². The van der Waals surface area contributed by atoms with Crippen molar-refractivity contribution in [1.29, 1.82) is 0 Å². The topological polar surface area (TPSA) is 93.5 Å². The molecule has 0 spiro atoms. The smallest absolute Gasteiger partial charge is 0.312 e. The summed E-state index contributed by atoms with van der Waals surface area (Å²) in [5.74, 6) is 0.616. The second kappa shape index (κ2) is 8.92. The number of carbonyl (C=O) groups excluding carboxylic acids is 2. The fourth-order valence-corrected chi connectivity index (χ4v) is 2.09. The van der Waals surface area contributed by atoms with E-state index in [1.807, 2.05) is 38.1 Å². The number of ether oxygens (including phenoxy) is 1. The third-order valence-corrected chi connectivity index (χ3v) is 3.67. The maximum absolute atomic E-state index is 12.2. The minimum atomic E-state index is -0.685. The van der Waals surface area contributed by atoms with Crippen LogP contribution in [0.15, 0.2) is 24.3 Å². The highest BCUT2D eigenvalue weighted by Crippen LogP contribution is 2.11. The van der Waals surface area contributed by atoms with Crippen molar-refractivity contribution < 1.29 is 14.3 Å². The molecular weight excluding hydrogens is 282 g/mol. The summed E-state index contributed by atoms with van der Waals surface area (Å²) in [5, 5.41) is 5.34. The number of urea groups is 1. The summed E-state index contributed by atoms with van der Waals surface area (Å²) in [5.41, 5.74) is 6.23. The molecule has 2 atom stereocenters. The molecule has 0 bridgehead atoms. The van der Waals surface area contributed by atoms with Gasteiger partial charge >= 0.3 is 6.03 Å². The van der Waals surface area contributed by atoms with E-state index in [4.69, 9.17) is 10.5 Å². The van der Waals surface area contributed by atoms with Gasteiger partial charge in [0.15, 0.2) is 0 Å². The van der Waals surface area contributed by atoms with Crippen molar-refractivity contribution in [1.82, 2.24) is 10.6 Å². The van der Waals surface area contributed by atoms with Gasteiger partial charge in [-0.1, -0.05) is 32.4 Å². The van der Waals surface area contributed by atoms with Crippen molar-refractivity contribution in [3.05, 3.63) is 29.8 Å². The maximum atomic E-state index is 12.2. The van der Waals surface area contributed by atoms with Crippen LogP contribution in [0.25, 0.3) is 0 Å². The first-order chi connectivity index (χ1) is 10.5. The molecule has 122 valence electrons. The van der Waals surface area contributed by atoms with Gasteiger partial charge in [0, 0.05) is 6.54 Å². The second-order valence-electron chi connectivity index (χ2n) is 5.26. The van der Waals surface area contributed by atoms with Crippen LogP contribution in [0.2, 0.25) is 0 Å².